The number of rotatable bonds is 6. The van der Waals surface area contributed by atoms with Crippen LogP contribution in [-0.2, 0) is 11.3 Å². The summed E-state index contributed by atoms with van der Waals surface area (Å²) >= 11 is 5.33. The van der Waals surface area contributed by atoms with E-state index >= 15 is 0 Å². The standard InChI is InChI=1S/C18H20N4O2S/c1-13(10-21-8-7-19-12-21)11-22-17(23)16(20-18(22)25)9-14-3-5-15(24-2)6-4-14/h3-9,12-13H,10-11H2,1-2H3,(H,20,25)/b16-9+/t13-/m1/s1. The number of methoxy groups -OCH3 is 1. The van der Waals surface area contributed by atoms with Gasteiger partial charge in [-0.25, -0.2) is 4.98 Å². The van der Waals surface area contributed by atoms with Gasteiger partial charge < -0.3 is 14.6 Å². The molecule has 1 saturated heterocycles. The molecule has 0 aliphatic carbocycles. The van der Waals surface area contributed by atoms with Gasteiger partial charge in [0.15, 0.2) is 5.11 Å². The molecule has 2 aromatic rings. The summed E-state index contributed by atoms with van der Waals surface area (Å²) in [4.78, 5) is 18.3. The second kappa shape index (κ2) is 7.48. The topological polar surface area (TPSA) is 59.4 Å². The van der Waals surface area contributed by atoms with Crippen molar-refractivity contribution in [1.82, 2.24) is 19.8 Å². The van der Waals surface area contributed by atoms with Gasteiger partial charge in [-0.3, -0.25) is 9.69 Å². The summed E-state index contributed by atoms with van der Waals surface area (Å²) < 4.78 is 7.14. The van der Waals surface area contributed by atoms with E-state index in [1.54, 1.807) is 30.6 Å². The van der Waals surface area contributed by atoms with E-state index in [0.29, 0.717) is 17.4 Å². The number of hydrogen-bond acceptors (Lipinski definition) is 4. The minimum absolute atomic E-state index is 0.0988. The number of imidazole rings is 1. The number of nitrogens with zero attached hydrogens (tertiary/aromatic N) is 3. The van der Waals surface area contributed by atoms with Crippen LogP contribution >= 0.6 is 12.2 Å². The Morgan fingerprint density at radius 3 is 2.72 bits per heavy atom. The van der Waals surface area contributed by atoms with Crippen molar-refractivity contribution in [2.24, 2.45) is 5.92 Å². The van der Waals surface area contributed by atoms with E-state index in [1.165, 1.54) is 0 Å². The van der Waals surface area contributed by atoms with Crippen LogP contribution in [0.3, 0.4) is 0 Å². The Morgan fingerprint density at radius 2 is 2.08 bits per heavy atom. The van der Waals surface area contributed by atoms with Crippen molar-refractivity contribution in [1.29, 1.82) is 0 Å². The maximum atomic E-state index is 12.6. The van der Waals surface area contributed by atoms with Gasteiger partial charge in [0.1, 0.15) is 11.4 Å². The highest BCUT2D eigenvalue weighted by atomic mass is 32.1. The molecule has 1 aliphatic heterocycles. The monoisotopic (exact) mass is 356 g/mol. The molecular formula is C18H20N4O2S. The molecule has 6 nitrogen and oxygen atoms in total. The zero-order valence-electron chi connectivity index (χ0n) is 14.2. The third-order valence-corrected chi connectivity index (χ3v) is 4.29. The maximum Gasteiger partial charge on any atom is 0.276 e. The molecule has 0 bridgehead atoms. The van der Waals surface area contributed by atoms with Crippen molar-refractivity contribution < 1.29 is 9.53 Å². The molecule has 1 aromatic heterocycles. The highest BCUT2D eigenvalue weighted by molar-refractivity contribution is 7.80. The maximum absolute atomic E-state index is 12.6. The van der Waals surface area contributed by atoms with Gasteiger partial charge in [0.25, 0.3) is 5.91 Å². The first kappa shape index (κ1) is 17.2. The number of benzene rings is 1. The van der Waals surface area contributed by atoms with Crippen LogP contribution in [0.2, 0.25) is 0 Å². The minimum atomic E-state index is -0.0988. The number of carbonyl (C=O) groups is 1. The predicted octanol–water partition coefficient (Wildman–Crippen LogP) is 2.29. The molecule has 1 atom stereocenters. The van der Waals surface area contributed by atoms with Crippen LogP contribution in [0.5, 0.6) is 5.75 Å². The van der Waals surface area contributed by atoms with Crippen LogP contribution in [0.25, 0.3) is 6.08 Å². The van der Waals surface area contributed by atoms with E-state index in [4.69, 9.17) is 17.0 Å². The molecule has 1 fully saturated rings. The molecule has 0 spiro atoms. The fourth-order valence-electron chi connectivity index (χ4n) is 2.73. The molecular weight excluding hydrogens is 336 g/mol. The zero-order valence-corrected chi connectivity index (χ0v) is 15.0. The number of thiocarbonyl (C=S) groups is 1. The molecule has 1 aliphatic rings. The van der Waals surface area contributed by atoms with Gasteiger partial charge in [-0.1, -0.05) is 19.1 Å². The van der Waals surface area contributed by atoms with Gasteiger partial charge in [0.2, 0.25) is 0 Å². The lowest BCUT2D eigenvalue weighted by atomic mass is 10.1. The van der Waals surface area contributed by atoms with Crippen molar-refractivity contribution in [3.05, 3.63) is 54.2 Å². The minimum Gasteiger partial charge on any atom is -0.497 e. The number of amides is 1. The molecule has 0 radical (unpaired) electrons. The van der Waals surface area contributed by atoms with E-state index in [0.717, 1.165) is 17.9 Å². The average Bonchev–Trinajstić information content (AvgIpc) is 3.20. The Morgan fingerprint density at radius 1 is 1.32 bits per heavy atom. The van der Waals surface area contributed by atoms with E-state index in [-0.39, 0.29) is 11.8 Å². The third kappa shape index (κ3) is 4.06. The quantitative estimate of drug-likeness (QED) is 0.636. The smallest absolute Gasteiger partial charge is 0.276 e. The third-order valence-electron chi connectivity index (χ3n) is 3.97. The lowest BCUT2D eigenvalue weighted by Gasteiger charge is -2.19. The summed E-state index contributed by atoms with van der Waals surface area (Å²) in [6.07, 6.45) is 7.23. The first-order chi connectivity index (χ1) is 12.1. The largest absolute Gasteiger partial charge is 0.497 e. The molecule has 3 rings (SSSR count). The second-order valence-electron chi connectivity index (χ2n) is 6.04. The molecule has 7 heteroatoms. The lowest BCUT2D eigenvalue weighted by molar-refractivity contribution is -0.122. The number of hydrogen-bond donors (Lipinski definition) is 1. The lowest BCUT2D eigenvalue weighted by Crippen LogP contribution is -2.35. The van der Waals surface area contributed by atoms with Crippen molar-refractivity contribution in [3.63, 3.8) is 0 Å². The number of aromatic nitrogens is 2. The van der Waals surface area contributed by atoms with Gasteiger partial charge in [0, 0.05) is 25.5 Å². The highest BCUT2D eigenvalue weighted by Crippen LogP contribution is 2.18. The van der Waals surface area contributed by atoms with E-state index in [1.807, 2.05) is 35.0 Å². The normalized spacial score (nSPS) is 17.0. The molecule has 1 amide bonds. The van der Waals surface area contributed by atoms with Crippen LogP contribution in [0.4, 0.5) is 0 Å². The Labute approximate surface area is 152 Å². The Balaban J connectivity index is 1.67. The summed E-state index contributed by atoms with van der Waals surface area (Å²) in [7, 11) is 1.62. The number of ether oxygens (including phenoxy) is 1. The first-order valence-electron chi connectivity index (χ1n) is 8.01. The van der Waals surface area contributed by atoms with Gasteiger partial charge in [0.05, 0.1) is 13.4 Å². The van der Waals surface area contributed by atoms with E-state index in [2.05, 4.69) is 17.2 Å². The molecule has 1 N–H and O–H groups in total. The van der Waals surface area contributed by atoms with Crippen molar-refractivity contribution in [3.8, 4) is 5.75 Å². The van der Waals surface area contributed by atoms with E-state index in [9.17, 15) is 4.79 Å². The predicted molar refractivity (Wildman–Crippen MR) is 99.8 cm³/mol. The van der Waals surface area contributed by atoms with Crippen molar-refractivity contribution >= 4 is 29.3 Å². The number of nitrogens with one attached hydrogen (secondary N) is 1. The zero-order chi connectivity index (χ0) is 17.8. The second-order valence-corrected chi connectivity index (χ2v) is 6.43. The van der Waals surface area contributed by atoms with Gasteiger partial charge >= 0.3 is 0 Å². The summed E-state index contributed by atoms with van der Waals surface area (Å²) in [5, 5.41) is 3.46. The summed E-state index contributed by atoms with van der Waals surface area (Å²) in [6, 6.07) is 7.51. The van der Waals surface area contributed by atoms with Crippen LogP contribution in [0, 0.1) is 5.92 Å². The molecule has 0 saturated carbocycles. The van der Waals surface area contributed by atoms with Crippen LogP contribution < -0.4 is 10.1 Å². The Bertz CT molecular complexity index is 784. The van der Waals surface area contributed by atoms with Crippen molar-refractivity contribution in [2.45, 2.75) is 13.5 Å². The summed E-state index contributed by atoms with van der Waals surface area (Å²) in [6.45, 7) is 3.42. The fraction of sp³-hybridized carbons (Fsp3) is 0.278. The number of carbonyl (C=O) groups excluding carboxylic acids is 1. The molecule has 2 heterocycles. The van der Waals surface area contributed by atoms with E-state index < -0.39 is 0 Å². The molecule has 1 aromatic carbocycles. The highest BCUT2D eigenvalue weighted by Gasteiger charge is 2.31. The SMILES string of the molecule is COc1ccc(/C=C2/NC(=S)N(C[C@H](C)Cn3ccnc3)C2=O)cc1. The fourth-order valence-corrected chi connectivity index (χ4v) is 3.00. The molecule has 130 valence electrons. The molecule has 25 heavy (non-hydrogen) atoms. The average molecular weight is 356 g/mol. The van der Waals surface area contributed by atoms with Crippen LogP contribution in [0.15, 0.2) is 48.7 Å². The van der Waals surface area contributed by atoms with Crippen LogP contribution in [-0.4, -0.2) is 39.1 Å². The Kier molecular flexibility index (Phi) is 5.14. The van der Waals surface area contributed by atoms with Crippen molar-refractivity contribution in [2.75, 3.05) is 13.7 Å². The first-order valence-corrected chi connectivity index (χ1v) is 8.42. The van der Waals surface area contributed by atoms with Gasteiger partial charge in [-0.2, -0.15) is 0 Å². The summed E-state index contributed by atoms with van der Waals surface area (Å²) in [5.41, 5.74) is 1.40. The van der Waals surface area contributed by atoms with Gasteiger partial charge in [-0.05, 0) is 41.9 Å². The Hall–Kier alpha value is -2.67. The molecule has 0 unspecified atom stereocenters. The van der Waals surface area contributed by atoms with Crippen LogP contribution in [0.1, 0.15) is 12.5 Å². The van der Waals surface area contributed by atoms with Gasteiger partial charge in [-0.15, -0.1) is 0 Å². The summed E-state index contributed by atoms with van der Waals surface area (Å²) in [5.74, 6) is 0.926.